The van der Waals surface area contributed by atoms with Crippen LogP contribution in [0.4, 0.5) is 0 Å². The van der Waals surface area contributed by atoms with Crippen LogP contribution >= 0.6 is 0 Å². The third-order valence-corrected chi connectivity index (χ3v) is 6.03. The quantitative estimate of drug-likeness (QED) is 0.393. The second-order valence-electron chi connectivity index (χ2n) is 8.33. The zero-order valence-electron chi connectivity index (χ0n) is 19.4. The highest BCUT2D eigenvalue weighted by Gasteiger charge is 2.26. The minimum Gasteiger partial charge on any atom is -0.465 e. The Kier molecular flexibility index (Phi) is 7.27. The van der Waals surface area contributed by atoms with E-state index in [4.69, 9.17) is 9.47 Å². The van der Waals surface area contributed by atoms with E-state index < -0.39 is 12.0 Å². The number of rotatable bonds is 8. The molecule has 4 rings (SSSR count). The molecular weight excluding hydrogens is 434 g/mol. The molecule has 1 aliphatic rings. The first kappa shape index (κ1) is 23.5. The number of aromatic nitrogens is 1. The van der Waals surface area contributed by atoms with E-state index in [1.54, 1.807) is 24.3 Å². The lowest BCUT2D eigenvalue weighted by Gasteiger charge is -2.15. The largest absolute Gasteiger partial charge is 0.465 e. The molecule has 0 spiro atoms. The lowest BCUT2D eigenvalue weighted by molar-refractivity contribution is -0.146. The van der Waals surface area contributed by atoms with Crippen molar-refractivity contribution in [3.05, 3.63) is 70.9 Å². The molecule has 2 aromatic carbocycles. The van der Waals surface area contributed by atoms with Crippen LogP contribution in [0.1, 0.15) is 51.6 Å². The van der Waals surface area contributed by atoms with Crippen molar-refractivity contribution in [1.82, 2.24) is 15.2 Å². The molecule has 34 heavy (non-hydrogen) atoms. The number of ether oxygens (including phenoxy) is 2. The molecule has 2 heterocycles. The Bertz CT molecular complexity index is 1200. The molecule has 0 bridgehead atoms. The highest BCUT2D eigenvalue weighted by Crippen LogP contribution is 2.27. The Morgan fingerprint density at radius 2 is 1.91 bits per heavy atom. The highest BCUT2D eigenvalue weighted by atomic mass is 16.5. The summed E-state index contributed by atoms with van der Waals surface area (Å²) in [7, 11) is 1.34. The summed E-state index contributed by atoms with van der Waals surface area (Å²) in [5.74, 6) is -0.834. The maximum absolute atomic E-state index is 13.0. The number of nitrogens with zero attached hydrogens (tertiary/aromatic N) is 1. The van der Waals surface area contributed by atoms with Gasteiger partial charge in [0.2, 0.25) is 0 Å². The number of methoxy groups -OCH3 is 1. The van der Waals surface area contributed by atoms with Crippen LogP contribution in [0.3, 0.4) is 0 Å². The van der Waals surface area contributed by atoms with Gasteiger partial charge in [0.1, 0.15) is 6.04 Å². The van der Waals surface area contributed by atoms with Crippen molar-refractivity contribution in [2.24, 2.45) is 0 Å². The summed E-state index contributed by atoms with van der Waals surface area (Å²) in [5, 5.41) is 7.08. The number of nitrogens with one attached hydrogen (secondary N) is 2. The molecule has 0 radical (unpaired) electrons. The minimum absolute atomic E-state index is 0.186. The average molecular weight is 464 g/mol. The van der Waals surface area contributed by atoms with Gasteiger partial charge in [-0.05, 0) is 41.8 Å². The SMILES string of the molecule is CCCCOC(=O)C1Cn2ccc3c(C(=O)NCc4ccc(C(=O)OC)cc4)ccc(c32)CN1. The van der Waals surface area contributed by atoms with Crippen LogP contribution in [0.15, 0.2) is 48.7 Å². The van der Waals surface area contributed by atoms with E-state index in [0.29, 0.717) is 37.4 Å². The van der Waals surface area contributed by atoms with Crippen LogP contribution in [-0.4, -0.2) is 42.2 Å². The summed E-state index contributed by atoms with van der Waals surface area (Å²) in [6.45, 7) is 3.77. The van der Waals surface area contributed by atoms with Gasteiger partial charge < -0.3 is 19.4 Å². The van der Waals surface area contributed by atoms with Crippen LogP contribution in [0.5, 0.6) is 0 Å². The van der Waals surface area contributed by atoms with Crippen molar-refractivity contribution < 1.29 is 23.9 Å². The molecule has 0 saturated carbocycles. The molecule has 3 aromatic rings. The second kappa shape index (κ2) is 10.5. The number of carbonyl (C=O) groups is 3. The van der Waals surface area contributed by atoms with E-state index in [1.165, 1.54) is 7.11 Å². The fourth-order valence-electron chi connectivity index (χ4n) is 4.12. The van der Waals surface area contributed by atoms with E-state index in [-0.39, 0.29) is 11.9 Å². The first-order chi connectivity index (χ1) is 16.5. The van der Waals surface area contributed by atoms with E-state index >= 15 is 0 Å². The second-order valence-corrected chi connectivity index (χ2v) is 8.33. The van der Waals surface area contributed by atoms with Gasteiger partial charge in [-0.15, -0.1) is 0 Å². The first-order valence-corrected chi connectivity index (χ1v) is 11.5. The third kappa shape index (κ3) is 4.97. The van der Waals surface area contributed by atoms with E-state index in [1.807, 2.05) is 29.0 Å². The number of benzene rings is 2. The summed E-state index contributed by atoms with van der Waals surface area (Å²) >= 11 is 0. The van der Waals surface area contributed by atoms with Gasteiger partial charge in [-0.25, -0.2) is 4.79 Å². The predicted octanol–water partition coefficient (Wildman–Crippen LogP) is 3.17. The number of unbranched alkanes of at least 4 members (excludes halogenated alkanes) is 1. The van der Waals surface area contributed by atoms with E-state index in [9.17, 15) is 14.4 Å². The molecule has 1 aliphatic heterocycles. The molecular formula is C26H29N3O5. The molecule has 1 unspecified atom stereocenters. The zero-order valence-corrected chi connectivity index (χ0v) is 19.4. The van der Waals surface area contributed by atoms with Gasteiger partial charge in [-0.2, -0.15) is 0 Å². The van der Waals surface area contributed by atoms with Gasteiger partial charge in [0.15, 0.2) is 0 Å². The zero-order chi connectivity index (χ0) is 24.1. The van der Waals surface area contributed by atoms with Crippen LogP contribution in [0, 0.1) is 0 Å². The normalized spacial score (nSPS) is 14.9. The lowest BCUT2D eigenvalue weighted by Crippen LogP contribution is -2.39. The first-order valence-electron chi connectivity index (χ1n) is 11.5. The Morgan fingerprint density at radius 3 is 2.65 bits per heavy atom. The molecule has 1 atom stereocenters. The van der Waals surface area contributed by atoms with Crippen molar-refractivity contribution in [3.8, 4) is 0 Å². The molecule has 178 valence electrons. The number of carbonyl (C=O) groups excluding carboxylic acids is 3. The van der Waals surface area contributed by atoms with Crippen LogP contribution in [-0.2, 0) is 33.9 Å². The maximum Gasteiger partial charge on any atom is 0.337 e. The number of hydrogen-bond donors (Lipinski definition) is 2. The number of esters is 2. The van der Waals surface area contributed by atoms with E-state index in [2.05, 4.69) is 17.6 Å². The van der Waals surface area contributed by atoms with Crippen molar-refractivity contribution in [3.63, 3.8) is 0 Å². The molecule has 0 aliphatic carbocycles. The topological polar surface area (TPSA) is 98.7 Å². The molecule has 8 nitrogen and oxygen atoms in total. The number of amides is 1. The molecule has 1 aromatic heterocycles. The van der Waals surface area contributed by atoms with Gasteiger partial charge in [-0.1, -0.05) is 31.5 Å². The highest BCUT2D eigenvalue weighted by molar-refractivity contribution is 6.07. The molecule has 1 amide bonds. The molecule has 2 N–H and O–H groups in total. The summed E-state index contributed by atoms with van der Waals surface area (Å²) in [5.41, 5.74) is 3.89. The minimum atomic E-state index is -0.440. The van der Waals surface area contributed by atoms with Crippen LogP contribution < -0.4 is 10.6 Å². The van der Waals surface area contributed by atoms with Crippen molar-refractivity contribution in [2.75, 3.05) is 13.7 Å². The average Bonchev–Trinajstić information content (AvgIpc) is 3.18. The third-order valence-electron chi connectivity index (χ3n) is 6.03. The fourth-order valence-corrected chi connectivity index (χ4v) is 4.12. The van der Waals surface area contributed by atoms with Gasteiger partial charge in [0.25, 0.3) is 5.91 Å². The summed E-state index contributed by atoms with van der Waals surface area (Å²) in [6.07, 6.45) is 3.73. The maximum atomic E-state index is 13.0. The van der Waals surface area contributed by atoms with Gasteiger partial charge in [0, 0.05) is 36.8 Å². The van der Waals surface area contributed by atoms with E-state index in [0.717, 1.165) is 34.9 Å². The van der Waals surface area contributed by atoms with Gasteiger partial charge in [-0.3, -0.25) is 14.9 Å². The molecule has 0 saturated heterocycles. The standard InChI is InChI=1S/C26H29N3O5/c1-3-4-13-34-26(32)22-16-29-12-11-20-21(10-9-19(15-27-22)23(20)29)24(30)28-14-17-5-7-18(8-6-17)25(31)33-2/h5-12,22,27H,3-4,13-16H2,1-2H3,(H,28,30). The summed E-state index contributed by atoms with van der Waals surface area (Å²) < 4.78 is 12.1. The molecule has 8 heteroatoms. The van der Waals surface area contributed by atoms with Crippen molar-refractivity contribution in [1.29, 1.82) is 0 Å². The van der Waals surface area contributed by atoms with Crippen LogP contribution in [0.2, 0.25) is 0 Å². The number of hydrogen-bond acceptors (Lipinski definition) is 6. The van der Waals surface area contributed by atoms with Gasteiger partial charge in [0.05, 0.1) is 24.8 Å². The fraction of sp³-hybridized carbons (Fsp3) is 0.346. The summed E-state index contributed by atoms with van der Waals surface area (Å²) in [4.78, 5) is 37.1. The smallest absolute Gasteiger partial charge is 0.337 e. The van der Waals surface area contributed by atoms with Crippen molar-refractivity contribution in [2.45, 2.75) is 45.4 Å². The van der Waals surface area contributed by atoms with Crippen molar-refractivity contribution >= 4 is 28.7 Å². The van der Waals surface area contributed by atoms with Crippen LogP contribution in [0.25, 0.3) is 10.9 Å². The Balaban J connectivity index is 1.47. The monoisotopic (exact) mass is 463 g/mol. The summed E-state index contributed by atoms with van der Waals surface area (Å²) in [6, 6.07) is 12.1. The Morgan fingerprint density at radius 1 is 1.12 bits per heavy atom. The molecule has 0 fully saturated rings. The lowest BCUT2D eigenvalue weighted by atomic mass is 10.0. The Labute approximate surface area is 198 Å². The Hall–Kier alpha value is -3.65. The predicted molar refractivity (Wildman–Crippen MR) is 127 cm³/mol. The van der Waals surface area contributed by atoms with Gasteiger partial charge >= 0.3 is 11.9 Å².